The third-order valence-electron chi connectivity index (χ3n) is 6.94. The molecule has 0 aromatic heterocycles. The minimum Gasteiger partial charge on any atom is -0.478 e. The monoisotopic (exact) mass is 497 g/mol. The zero-order valence-corrected chi connectivity index (χ0v) is 20.0. The summed E-state index contributed by atoms with van der Waals surface area (Å²) in [5.41, 5.74) is 1.47. The van der Waals surface area contributed by atoms with Gasteiger partial charge in [0.25, 0.3) is 5.91 Å². The number of hydrogen-bond acceptors (Lipinski definition) is 5. The second kappa shape index (κ2) is 11.6. The zero-order valence-electron chi connectivity index (χ0n) is 20.0. The van der Waals surface area contributed by atoms with Gasteiger partial charge in [-0.3, -0.25) is 9.59 Å². The molecule has 2 aromatic rings. The number of carboxylic acid groups (broad SMARTS) is 1. The van der Waals surface area contributed by atoms with Crippen LogP contribution in [0.3, 0.4) is 0 Å². The molecule has 8 nitrogen and oxygen atoms in total. The molecule has 1 heterocycles. The average molecular weight is 498 g/mol. The van der Waals surface area contributed by atoms with Crippen LogP contribution in [0, 0.1) is 5.82 Å². The summed E-state index contributed by atoms with van der Waals surface area (Å²) < 4.78 is 13.1. The van der Waals surface area contributed by atoms with Gasteiger partial charge in [0.15, 0.2) is 0 Å². The number of benzene rings is 2. The van der Waals surface area contributed by atoms with Gasteiger partial charge in [0.1, 0.15) is 11.9 Å². The third-order valence-corrected chi connectivity index (χ3v) is 6.94. The lowest BCUT2D eigenvalue weighted by molar-refractivity contribution is -0.135. The summed E-state index contributed by atoms with van der Waals surface area (Å²) in [4.78, 5) is 38.8. The van der Waals surface area contributed by atoms with Crippen LogP contribution in [0.4, 0.5) is 4.39 Å². The van der Waals surface area contributed by atoms with Crippen molar-refractivity contribution < 1.29 is 29.0 Å². The van der Waals surface area contributed by atoms with Crippen molar-refractivity contribution >= 4 is 17.8 Å². The molecule has 4 rings (SSSR count). The van der Waals surface area contributed by atoms with E-state index >= 15 is 0 Å². The second-order valence-corrected chi connectivity index (χ2v) is 9.56. The van der Waals surface area contributed by atoms with Crippen molar-refractivity contribution in [3.63, 3.8) is 0 Å². The second-order valence-electron chi connectivity index (χ2n) is 9.56. The van der Waals surface area contributed by atoms with Gasteiger partial charge in [-0.05, 0) is 80.6 Å². The van der Waals surface area contributed by atoms with E-state index in [9.17, 15) is 23.9 Å². The van der Waals surface area contributed by atoms with Gasteiger partial charge in [0.05, 0.1) is 11.7 Å². The number of halogens is 1. The first kappa shape index (κ1) is 25.8. The van der Waals surface area contributed by atoms with Crippen molar-refractivity contribution in [1.29, 1.82) is 0 Å². The number of carbonyl (C=O) groups is 3. The molecule has 2 aliphatic rings. The number of piperidine rings is 1. The van der Waals surface area contributed by atoms with Crippen LogP contribution in [0.5, 0.6) is 0 Å². The van der Waals surface area contributed by atoms with Gasteiger partial charge < -0.3 is 25.7 Å². The van der Waals surface area contributed by atoms with E-state index in [1.807, 2.05) is 12.1 Å². The number of hydrogen-bond donors (Lipinski definition) is 4. The molecule has 9 heteroatoms. The van der Waals surface area contributed by atoms with Crippen molar-refractivity contribution in [3.8, 4) is 0 Å². The van der Waals surface area contributed by atoms with Gasteiger partial charge in [-0.25, -0.2) is 9.18 Å². The lowest BCUT2D eigenvalue weighted by Gasteiger charge is -2.32. The highest BCUT2D eigenvalue weighted by molar-refractivity contribution is 5.98. The van der Waals surface area contributed by atoms with E-state index in [2.05, 4.69) is 10.6 Å². The Balaban J connectivity index is 1.32. The Hall–Kier alpha value is -3.30. The summed E-state index contributed by atoms with van der Waals surface area (Å²) in [6, 6.07) is 11.7. The van der Waals surface area contributed by atoms with E-state index < -0.39 is 24.0 Å². The first-order valence-electron chi connectivity index (χ1n) is 12.4. The summed E-state index contributed by atoms with van der Waals surface area (Å²) in [5, 5.41) is 25.1. The van der Waals surface area contributed by atoms with Crippen LogP contribution in [-0.4, -0.2) is 70.7 Å². The predicted octanol–water partition coefficient (Wildman–Crippen LogP) is 2.53. The van der Waals surface area contributed by atoms with Crippen LogP contribution in [0.1, 0.15) is 64.3 Å². The van der Waals surface area contributed by atoms with Gasteiger partial charge >= 0.3 is 5.97 Å². The molecule has 1 saturated heterocycles. The molecular weight excluding hydrogens is 465 g/mol. The van der Waals surface area contributed by atoms with Crippen molar-refractivity contribution in [2.24, 2.45) is 0 Å². The smallest absolute Gasteiger partial charge is 0.335 e. The quantitative estimate of drug-likeness (QED) is 0.375. The van der Waals surface area contributed by atoms with Crippen LogP contribution in [0.25, 0.3) is 0 Å². The number of likely N-dealkylation sites (tertiary alicyclic amines) is 1. The number of amides is 2. The fourth-order valence-electron chi connectivity index (χ4n) is 4.66. The Kier molecular flexibility index (Phi) is 8.32. The number of carbonyl (C=O) groups excluding carboxylic acids is 2. The van der Waals surface area contributed by atoms with Crippen LogP contribution in [-0.2, 0) is 4.79 Å². The van der Waals surface area contributed by atoms with E-state index in [0.717, 1.165) is 12.0 Å². The molecule has 36 heavy (non-hydrogen) atoms. The maximum Gasteiger partial charge on any atom is 0.335 e. The first-order valence-corrected chi connectivity index (χ1v) is 12.4. The highest BCUT2D eigenvalue weighted by atomic mass is 19.1. The number of nitrogens with zero attached hydrogens (tertiary/aromatic N) is 1. The Morgan fingerprint density at radius 2 is 1.64 bits per heavy atom. The lowest BCUT2D eigenvalue weighted by Crippen LogP contribution is -2.51. The Morgan fingerprint density at radius 1 is 1.00 bits per heavy atom. The third kappa shape index (κ3) is 6.67. The number of aliphatic hydroxyl groups excluding tert-OH is 1. The summed E-state index contributed by atoms with van der Waals surface area (Å²) >= 11 is 0. The largest absolute Gasteiger partial charge is 0.478 e. The van der Waals surface area contributed by atoms with Crippen molar-refractivity contribution in [2.75, 3.05) is 19.6 Å². The molecule has 0 spiro atoms. The maximum absolute atomic E-state index is 13.2. The molecule has 0 bridgehead atoms. The zero-order chi connectivity index (χ0) is 25.7. The average Bonchev–Trinajstić information content (AvgIpc) is 3.66. The molecule has 4 N–H and O–H groups in total. The molecule has 1 aliphatic heterocycles. The van der Waals surface area contributed by atoms with Gasteiger partial charge in [0.2, 0.25) is 5.91 Å². The van der Waals surface area contributed by atoms with E-state index in [-0.39, 0.29) is 22.9 Å². The lowest BCUT2D eigenvalue weighted by atomic mass is 10.0. The summed E-state index contributed by atoms with van der Waals surface area (Å²) in [6.45, 7) is 1.56. The molecule has 192 valence electrons. The molecule has 2 fully saturated rings. The molecule has 1 saturated carbocycles. The van der Waals surface area contributed by atoms with Gasteiger partial charge in [-0.1, -0.05) is 12.1 Å². The molecule has 2 amide bonds. The first-order chi connectivity index (χ1) is 17.3. The highest BCUT2D eigenvalue weighted by Gasteiger charge is 2.37. The van der Waals surface area contributed by atoms with Crippen LogP contribution >= 0.6 is 0 Å². The highest BCUT2D eigenvalue weighted by Crippen LogP contribution is 2.40. The minimum atomic E-state index is -1.08. The number of rotatable bonds is 10. The minimum absolute atomic E-state index is 0.0798. The van der Waals surface area contributed by atoms with Gasteiger partial charge in [-0.15, -0.1) is 0 Å². The van der Waals surface area contributed by atoms with Crippen LogP contribution in [0.15, 0.2) is 48.5 Å². The summed E-state index contributed by atoms with van der Waals surface area (Å²) in [6.07, 6.45) is 2.70. The standard InChI is InChI=1S/C27H32FN3O5/c28-20-9-7-17(8-10-20)22-16-24(22)29-13-1-2-23(26(34)31-14-11-21(32)12-15-31)30-25(33)18-3-5-19(6-4-18)27(35)36/h3-10,21-24,29,32H,1-2,11-16H2,(H,30,33)(H,35,36)/t22-,23-,24+/m0/s1. The Bertz CT molecular complexity index is 1070. The fourth-order valence-corrected chi connectivity index (χ4v) is 4.66. The summed E-state index contributed by atoms with van der Waals surface area (Å²) in [7, 11) is 0. The predicted molar refractivity (Wildman–Crippen MR) is 131 cm³/mol. The molecule has 2 aromatic carbocycles. The van der Waals surface area contributed by atoms with Gasteiger partial charge in [-0.2, -0.15) is 0 Å². The normalized spacial score (nSPS) is 20.6. The SMILES string of the molecule is O=C(O)c1ccc(C(=O)N[C@@H](CCCN[C@@H]2C[C@H]2c2ccc(F)cc2)C(=O)N2CCC(O)CC2)cc1. The van der Waals surface area contributed by atoms with Crippen molar-refractivity contribution in [2.45, 2.75) is 56.2 Å². The summed E-state index contributed by atoms with van der Waals surface area (Å²) in [5.74, 6) is -1.58. The van der Waals surface area contributed by atoms with E-state index in [1.54, 1.807) is 4.90 Å². The number of nitrogens with one attached hydrogen (secondary N) is 2. The number of aliphatic hydroxyl groups is 1. The maximum atomic E-state index is 13.2. The Labute approximate surface area is 209 Å². The van der Waals surface area contributed by atoms with Crippen molar-refractivity contribution in [1.82, 2.24) is 15.5 Å². The molecule has 3 atom stereocenters. The van der Waals surface area contributed by atoms with E-state index in [1.165, 1.54) is 36.4 Å². The Morgan fingerprint density at radius 3 is 2.28 bits per heavy atom. The molecular formula is C27H32FN3O5. The van der Waals surface area contributed by atoms with Crippen LogP contribution < -0.4 is 10.6 Å². The van der Waals surface area contributed by atoms with E-state index in [0.29, 0.717) is 57.3 Å². The fraction of sp³-hybridized carbons (Fsp3) is 0.444. The molecule has 0 radical (unpaired) electrons. The number of aromatic carboxylic acids is 1. The van der Waals surface area contributed by atoms with Crippen LogP contribution in [0.2, 0.25) is 0 Å². The van der Waals surface area contributed by atoms with Crippen molar-refractivity contribution in [3.05, 3.63) is 71.0 Å². The molecule has 1 aliphatic carbocycles. The number of carboxylic acids is 1. The van der Waals surface area contributed by atoms with Gasteiger partial charge in [0, 0.05) is 30.6 Å². The molecule has 0 unspecified atom stereocenters. The van der Waals surface area contributed by atoms with E-state index in [4.69, 9.17) is 5.11 Å². The topological polar surface area (TPSA) is 119 Å².